The van der Waals surface area contributed by atoms with Crippen molar-refractivity contribution in [3.63, 3.8) is 0 Å². The van der Waals surface area contributed by atoms with Gasteiger partial charge in [-0.05, 0) is 25.0 Å². The molecule has 1 aliphatic heterocycles. The number of benzene rings is 1. The molecule has 122 valence electrons. The van der Waals surface area contributed by atoms with E-state index in [-0.39, 0.29) is 10.8 Å². The molecule has 3 rings (SSSR count). The lowest BCUT2D eigenvalue weighted by atomic mass is 10.0. The van der Waals surface area contributed by atoms with Crippen LogP contribution in [0.2, 0.25) is 0 Å². The third-order valence-electron chi connectivity index (χ3n) is 3.77. The van der Waals surface area contributed by atoms with E-state index in [1.54, 1.807) is 41.9 Å². The van der Waals surface area contributed by atoms with Crippen LogP contribution < -0.4 is 5.32 Å². The van der Waals surface area contributed by atoms with Gasteiger partial charge in [-0.1, -0.05) is 24.6 Å². The summed E-state index contributed by atoms with van der Waals surface area (Å²) in [5.41, 5.74) is 0. The molecule has 1 N–H and O–H groups in total. The van der Waals surface area contributed by atoms with Crippen molar-refractivity contribution in [1.82, 2.24) is 9.29 Å². The van der Waals surface area contributed by atoms with Gasteiger partial charge in [-0.25, -0.2) is 13.4 Å². The molecule has 0 spiro atoms. The Bertz CT molecular complexity index is 761. The van der Waals surface area contributed by atoms with Gasteiger partial charge in [0, 0.05) is 18.1 Å². The van der Waals surface area contributed by atoms with Gasteiger partial charge in [0.1, 0.15) is 6.04 Å². The monoisotopic (exact) mass is 351 g/mol. The Hall–Kier alpha value is -1.77. The normalized spacial score (nSPS) is 19.4. The molecule has 0 saturated carbocycles. The average Bonchev–Trinajstić information content (AvgIpc) is 3.08. The van der Waals surface area contributed by atoms with Crippen LogP contribution in [0.25, 0.3) is 0 Å². The highest BCUT2D eigenvalue weighted by Gasteiger charge is 2.37. The number of amides is 1. The van der Waals surface area contributed by atoms with E-state index < -0.39 is 16.1 Å². The summed E-state index contributed by atoms with van der Waals surface area (Å²) in [6, 6.07) is 7.54. The van der Waals surface area contributed by atoms with Crippen LogP contribution in [0.3, 0.4) is 0 Å². The molecule has 0 radical (unpaired) electrons. The predicted molar refractivity (Wildman–Crippen MR) is 88.7 cm³/mol. The smallest absolute Gasteiger partial charge is 0.244 e. The number of anilines is 1. The quantitative estimate of drug-likeness (QED) is 0.917. The van der Waals surface area contributed by atoms with Crippen LogP contribution in [0.5, 0.6) is 0 Å². The van der Waals surface area contributed by atoms with E-state index in [0.717, 1.165) is 12.8 Å². The molecular formula is C15H17N3O3S2. The molecule has 0 aliphatic carbocycles. The molecule has 2 heterocycles. The fraction of sp³-hybridized carbons (Fsp3) is 0.333. The summed E-state index contributed by atoms with van der Waals surface area (Å²) in [5.74, 6) is -0.320. The Kier molecular flexibility index (Phi) is 4.74. The lowest BCUT2D eigenvalue weighted by Crippen LogP contribution is -2.49. The minimum absolute atomic E-state index is 0.217. The first-order chi connectivity index (χ1) is 11.1. The van der Waals surface area contributed by atoms with Crippen molar-refractivity contribution in [2.45, 2.75) is 30.2 Å². The number of carbonyl (C=O) groups is 1. The Morgan fingerprint density at radius 3 is 2.74 bits per heavy atom. The van der Waals surface area contributed by atoms with E-state index in [0.29, 0.717) is 18.1 Å². The van der Waals surface area contributed by atoms with Gasteiger partial charge >= 0.3 is 0 Å². The van der Waals surface area contributed by atoms with E-state index in [9.17, 15) is 13.2 Å². The molecule has 0 bridgehead atoms. The number of nitrogens with one attached hydrogen (secondary N) is 1. The summed E-state index contributed by atoms with van der Waals surface area (Å²) in [4.78, 5) is 16.7. The van der Waals surface area contributed by atoms with Crippen molar-refractivity contribution in [2.75, 3.05) is 11.9 Å². The number of aromatic nitrogens is 1. The highest BCUT2D eigenvalue weighted by molar-refractivity contribution is 7.89. The second-order valence-corrected chi connectivity index (χ2v) is 8.05. The third kappa shape index (κ3) is 3.44. The van der Waals surface area contributed by atoms with Gasteiger partial charge in [-0.2, -0.15) is 4.31 Å². The summed E-state index contributed by atoms with van der Waals surface area (Å²) in [6.07, 6.45) is 3.70. The Balaban J connectivity index is 1.85. The molecule has 1 aliphatic rings. The van der Waals surface area contributed by atoms with Crippen LogP contribution in [0.4, 0.5) is 5.13 Å². The van der Waals surface area contributed by atoms with Crippen molar-refractivity contribution >= 4 is 32.4 Å². The lowest BCUT2D eigenvalue weighted by Gasteiger charge is -2.33. The topological polar surface area (TPSA) is 79.4 Å². The van der Waals surface area contributed by atoms with Gasteiger partial charge in [-0.3, -0.25) is 4.79 Å². The lowest BCUT2D eigenvalue weighted by molar-refractivity contribution is -0.120. The summed E-state index contributed by atoms with van der Waals surface area (Å²) >= 11 is 1.31. The molecule has 0 unspecified atom stereocenters. The van der Waals surface area contributed by atoms with Crippen molar-refractivity contribution < 1.29 is 13.2 Å². The van der Waals surface area contributed by atoms with Crippen LogP contribution >= 0.6 is 11.3 Å². The zero-order valence-corrected chi connectivity index (χ0v) is 14.0. The maximum Gasteiger partial charge on any atom is 0.244 e. The highest BCUT2D eigenvalue weighted by atomic mass is 32.2. The molecule has 23 heavy (non-hydrogen) atoms. The highest BCUT2D eigenvalue weighted by Crippen LogP contribution is 2.26. The molecule has 1 aromatic carbocycles. The maximum absolute atomic E-state index is 12.8. The summed E-state index contributed by atoms with van der Waals surface area (Å²) in [5, 5.41) is 4.95. The standard InChI is InChI=1S/C15H17N3O3S2/c19-14(17-15-16-9-11-22-15)13-8-4-5-10-18(13)23(20,21)12-6-2-1-3-7-12/h1-3,6-7,9,11,13H,4-5,8,10H2,(H,16,17,19)/t13-/m1/s1. The SMILES string of the molecule is O=C(Nc1nccs1)[C@H]1CCCCN1S(=O)(=O)c1ccccc1. The Morgan fingerprint density at radius 1 is 1.26 bits per heavy atom. The Labute approximate surface area is 139 Å². The molecule has 1 saturated heterocycles. The number of carbonyl (C=O) groups excluding carboxylic acids is 1. The van der Waals surface area contributed by atoms with Crippen LogP contribution in [0.15, 0.2) is 46.8 Å². The molecule has 1 amide bonds. The minimum Gasteiger partial charge on any atom is -0.301 e. The number of hydrogen-bond acceptors (Lipinski definition) is 5. The molecule has 1 fully saturated rings. The van der Waals surface area contributed by atoms with E-state index in [1.165, 1.54) is 15.6 Å². The van der Waals surface area contributed by atoms with Gasteiger partial charge in [-0.15, -0.1) is 11.3 Å². The van der Waals surface area contributed by atoms with Gasteiger partial charge in [0.15, 0.2) is 5.13 Å². The number of hydrogen-bond donors (Lipinski definition) is 1. The van der Waals surface area contributed by atoms with Gasteiger partial charge < -0.3 is 5.32 Å². The van der Waals surface area contributed by atoms with Crippen molar-refractivity contribution in [3.8, 4) is 0 Å². The predicted octanol–water partition coefficient (Wildman–Crippen LogP) is 2.33. The first kappa shape index (κ1) is 16.1. The second-order valence-electron chi connectivity index (χ2n) is 5.27. The van der Waals surface area contributed by atoms with Crippen LogP contribution in [-0.2, 0) is 14.8 Å². The number of thiazole rings is 1. The van der Waals surface area contributed by atoms with Gasteiger partial charge in [0.25, 0.3) is 0 Å². The molecule has 8 heteroatoms. The molecule has 1 aromatic heterocycles. The van der Waals surface area contributed by atoms with Crippen molar-refractivity contribution in [2.24, 2.45) is 0 Å². The van der Waals surface area contributed by atoms with Crippen LogP contribution in [0, 0.1) is 0 Å². The molecule has 6 nitrogen and oxygen atoms in total. The van der Waals surface area contributed by atoms with Gasteiger partial charge in [0.05, 0.1) is 4.90 Å². The largest absolute Gasteiger partial charge is 0.301 e. The van der Waals surface area contributed by atoms with E-state index in [1.807, 2.05) is 0 Å². The maximum atomic E-state index is 12.8. The first-order valence-corrected chi connectivity index (χ1v) is 9.68. The Morgan fingerprint density at radius 2 is 2.04 bits per heavy atom. The first-order valence-electron chi connectivity index (χ1n) is 7.36. The fourth-order valence-electron chi connectivity index (χ4n) is 2.66. The second kappa shape index (κ2) is 6.77. The average molecular weight is 351 g/mol. The summed E-state index contributed by atoms with van der Waals surface area (Å²) < 4.78 is 27.0. The number of nitrogens with zero attached hydrogens (tertiary/aromatic N) is 2. The minimum atomic E-state index is -3.68. The number of piperidine rings is 1. The summed E-state index contributed by atoms with van der Waals surface area (Å²) in [7, 11) is -3.68. The molecule has 2 aromatic rings. The summed E-state index contributed by atoms with van der Waals surface area (Å²) in [6.45, 7) is 0.354. The fourth-order valence-corrected chi connectivity index (χ4v) is 4.87. The van der Waals surface area contributed by atoms with Gasteiger partial charge in [0.2, 0.25) is 15.9 Å². The number of rotatable bonds is 4. The zero-order chi connectivity index (χ0) is 16.3. The zero-order valence-electron chi connectivity index (χ0n) is 12.4. The van der Waals surface area contributed by atoms with Crippen LogP contribution in [0.1, 0.15) is 19.3 Å². The number of sulfonamides is 1. The van der Waals surface area contributed by atoms with E-state index in [4.69, 9.17) is 0 Å². The van der Waals surface area contributed by atoms with E-state index in [2.05, 4.69) is 10.3 Å². The van der Waals surface area contributed by atoms with Crippen LogP contribution in [-0.4, -0.2) is 36.2 Å². The third-order valence-corrected chi connectivity index (χ3v) is 6.38. The van der Waals surface area contributed by atoms with Crippen molar-refractivity contribution in [3.05, 3.63) is 41.9 Å². The van der Waals surface area contributed by atoms with Crippen molar-refractivity contribution in [1.29, 1.82) is 0 Å². The molecule has 1 atom stereocenters. The van der Waals surface area contributed by atoms with E-state index >= 15 is 0 Å². The molecular weight excluding hydrogens is 334 g/mol.